The summed E-state index contributed by atoms with van der Waals surface area (Å²) < 4.78 is 6.14. The van der Waals surface area contributed by atoms with Gasteiger partial charge < -0.3 is 19.9 Å². The lowest BCUT2D eigenvalue weighted by molar-refractivity contribution is 0.0664. The molecule has 4 aromatic rings. The predicted molar refractivity (Wildman–Crippen MR) is 147 cm³/mol. The van der Waals surface area contributed by atoms with Crippen molar-refractivity contribution in [3.8, 4) is 16.3 Å². The number of likely N-dealkylation sites (N-methyl/N-ethyl adjacent to an activating group) is 1. The number of rotatable bonds is 7. The van der Waals surface area contributed by atoms with E-state index in [-0.39, 0.29) is 11.8 Å². The zero-order chi connectivity index (χ0) is 25.8. The Labute approximate surface area is 220 Å². The van der Waals surface area contributed by atoms with Crippen molar-refractivity contribution in [2.45, 2.75) is 6.42 Å². The number of benzene rings is 3. The molecule has 2 amide bonds. The summed E-state index contributed by atoms with van der Waals surface area (Å²) in [6, 6.07) is 21.1. The van der Waals surface area contributed by atoms with Crippen LogP contribution in [0.5, 0.6) is 5.75 Å². The molecule has 7 nitrogen and oxygen atoms in total. The molecule has 0 radical (unpaired) electrons. The van der Waals surface area contributed by atoms with Gasteiger partial charge in [-0.05, 0) is 61.5 Å². The van der Waals surface area contributed by atoms with Gasteiger partial charge in [-0.25, -0.2) is 4.98 Å². The first-order chi connectivity index (χ1) is 18.0. The second kappa shape index (κ2) is 11.1. The van der Waals surface area contributed by atoms with Gasteiger partial charge in [-0.15, -0.1) is 11.3 Å². The third kappa shape index (κ3) is 5.81. The molecule has 1 aliphatic rings. The van der Waals surface area contributed by atoms with Crippen molar-refractivity contribution < 1.29 is 14.3 Å². The van der Waals surface area contributed by atoms with E-state index in [1.165, 1.54) is 0 Å². The summed E-state index contributed by atoms with van der Waals surface area (Å²) in [6.07, 6.45) is 0.746. The van der Waals surface area contributed by atoms with Crippen LogP contribution in [0.3, 0.4) is 0 Å². The number of piperazine rings is 1. The van der Waals surface area contributed by atoms with Crippen molar-refractivity contribution in [1.29, 1.82) is 0 Å². The number of carbonyl (C=O) groups excluding carboxylic acids is 2. The van der Waals surface area contributed by atoms with E-state index < -0.39 is 0 Å². The lowest BCUT2D eigenvalue weighted by atomic mass is 10.1. The fourth-order valence-electron chi connectivity index (χ4n) is 4.35. The van der Waals surface area contributed by atoms with E-state index in [9.17, 15) is 9.59 Å². The van der Waals surface area contributed by atoms with Crippen LogP contribution >= 0.6 is 11.3 Å². The zero-order valence-electron chi connectivity index (χ0n) is 21.1. The molecule has 0 atom stereocenters. The van der Waals surface area contributed by atoms with Gasteiger partial charge in [0.15, 0.2) is 0 Å². The number of amides is 2. The molecular formula is C29H30N4O3S. The van der Waals surface area contributed by atoms with Crippen LogP contribution in [-0.2, 0) is 6.42 Å². The van der Waals surface area contributed by atoms with Crippen molar-refractivity contribution in [3.05, 3.63) is 83.4 Å². The highest BCUT2D eigenvalue weighted by Crippen LogP contribution is 2.31. The number of carbonyl (C=O) groups is 2. The largest absolute Gasteiger partial charge is 0.497 e. The minimum atomic E-state index is -0.0999. The zero-order valence-corrected chi connectivity index (χ0v) is 21.9. The molecule has 1 aromatic heterocycles. The molecule has 5 rings (SSSR count). The quantitative estimate of drug-likeness (QED) is 0.397. The topological polar surface area (TPSA) is 74.8 Å². The van der Waals surface area contributed by atoms with Crippen molar-refractivity contribution >= 4 is 33.4 Å². The van der Waals surface area contributed by atoms with E-state index in [0.717, 1.165) is 64.7 Å². The molecule has 0 aliphatic carbocycles. The van der Waals surface area contributed by atoms with Crippen LogP contribution in [-0.4, -0.2) is 73.5 Å². The van der Waals surface area contributed by atoms with E-state index in [2.05, 4.69) is 17.3 Å². The first-order valence-electron chi connectivity index (χ1n) is 12.4. The van der Waals surface area contributed by atoms with Crippen LogP contribution in [0.25, 0.3) is 20.8 Å². The maximum absolute atomic E-state index is 12.8. The Hall–Kier alpha value is -3.75. The van der Waals surface area contributed by atoms with E-state index in [1.807, 2.05) is 71.6 Å². The summed E-state index contributed by atoms with van der Waals surface area (Å²) in [5, 5.41) is 3.87. The first-order valence-corrected chi connectivity index (χ1v) is 13.2. The molecule has 1 fully saturated rings. The van der Waals surface area contributed by atoms with Crippen molar-refractivity contribution in [2.24, 2.45) is 0 Å². The molecule has 2 heterocycles. The number of aromatic nitrogens is 1. The summed E-state index contributed by atoms with van der Waals surface area (Å²) in [4.78, 5) is 34.4. The highest BCUT2D eigenvalue weighted by molar-refractivity contribution is 7.21. The minimum Gasteiger partial charge on any atom is -0.497 e. The molecule has 0 spiro atoms. The SMILES string of the molecule is COc1ccc(CCNC(=O)c2ccc3nc(-c4ccc(C(=O)N5CCN(C)CC5)cc4)sc3c2)cc1. The third-order valence-electron chi connectivity index (χ3n) is 6.68. The van der Waals surface area contributed by atoms with Gasteiger partial charge in [0.1, 0.15) is 10.8 Å². The second-order valence-electron chi connectivity index (χ2n) is 9.23. The molecule has 8 heteroatoms. The molecule has 1 aliphatic heterocycles. The normalized spacial score (nSPS) is 14.1. The van der Waals surface area contributed by atoms with Crippen molar-refractivity contribution in [3.63, 3.8) is 0 Å². The van der Waals surface area contributed by atoms with Crippen LogP contribution in [0, 0.1) is 0 Å². The van der Waals surface area contributed by atoms with E-state index in [1.54, 1.807) is 18.4 Å². The van der Waals surface area contributed by atoms with E-state index in [4.69, 9.17) is 9.72 Å². The van der Waals surface area contributed by atoms with Gasteiger partial charge in [-0.3, -0.25) is 9.59 Å². The van der Waals surface area contributed by atoms with Crippen molar-refractivity contribution in [2.75, 3.05) is 46.9 Å². The molecule has 0 bridgehead atoms. The Kier molecular flexibility index (Phi) is 7.48. The number of hydrogen-bond acceptors (Lipinski definition) is 6. The summed E-state index contributed by atoms with van der Waals surface area (Å²) in [7, 11) is 3.72. The maximum atomic E-state index is 12.8. The molecule has 0 saturated carbocycles. The number of nitrogens with zero attached hydrogens (tertiary/aromatic N) is 3. The van der Waals surface area contributed by atoms with Gasteiger partial charge in [0.25, 0.3) is 11.8 Å². The average molecular weight is 515 g/mol. The van der Waals surface area contributed by atoms with Gasteiger partial charge in [0.05, 0.1) is 17.3 Å². The summed E-state index contributed by atoms with van der Waals surface area (Å²) in [5.74, 6) is 0.795. The van der Waals surface area contributed by atoms with Crippen LogP contribution in [0.1, 0.15) is 26.3 Å². The van der Waals surface area contributed by atoms with Gasteiger partial charge in [0.2, 0.25) is 0 Å². The van der Waals surface area contributed by atoms with E-state index >= 15 is 0 Å². The fraction of sp³-hybridized carbons (Fsp3) is 0.276. The summed E-state index contributed by atoms with van der Waals surface area (Å²) in [5.41, 5.74) is 4.27. The standard InChI is InChI=1S/C29H30N4O3S/c1-32-15-17-33(18-16-32)29(35)22-7-5-21(6-8-22)28-31-25-12-9-23(19-26(25)37-28)27(34)30-14-13-20-3-10-24(36-2)11-4-20/h3-12,19H,13-18H2,1-2H3,(H,30,34). The maximum Gasteiger partial charge on any atom is 0.253 e. The Bertz CT molecular complexity index is 1390. The smallest absolute Gasteiger partial charge is 0.253 e. The highest BCUT2D eigenvalue weighted by atomic mass is 32.1. The summed E-state index contributed by atoms with van der Waals surface area (Å²) >= 11 is 1.54. The Morgan fingerprint density at radius 1 is 0.946 bits per heavy atom. The number of hydrogen-bond donors (Lipinski definition) is 1. The van der Waals surface area contributed by atoms with Crippen LogP contribution in [0.2, 0.25) is 0 Å². The number of ether oxygens (including phenoxy) is 1. The van der Waals surface area contributed by atoms with Gasteiger partial charge in [-0.2, -0.15) is 0 Å². The third-order valence-corrected chi connectivity index (χ3v) is 7.75. The van der Waals surface area contributed by atoms with Crippen molar-refractivity contribution in [1.82, 2.24) is 20.1 Å². The molecular weight excluding hydrogens is 484 g/mol. The fourth-order valence-corrected chi connectivity index (χ4v) is 5.36. The number of nitrogens with one attached hydrogen (secondary N) is 1. The Morgan fingerprint density at radius 3 is 2.35 bits per heavy atom. The van der Waals surface area contributed by atoms with E-state index in [0.29, 0.717) is 17.7 Å². The average Bonchev–Trinajstić information content (AvgIpc) is 3.37. The second-order valence-corrected chi connectivity index (χ2v) is 10.3. The molecule has 190 valence electrons. The number of fused-ring (bicyclic) bond motifs is 1. The highest BCUT2D eigenvalue weighted by Gasteiger charge is 2.20. The lowest BCUT2D eigenvalue weighted by Gasteiger charge is -2.32. The monoisotopic (exact) mass is 514 g/mol. The molecule has 3 aromatic carbocycles. The van der Waals surface area contributed by atoms with Crippen LogP contribution in [0.4, 0.5) is 0 Å². The minimum absolute atomic E-state index is 0.0756. The predicted octanol–water partition coefficient (Wildman–Crippen LogP) is 4.33. The molecule has 0 unspecified atom stereocenters. The van der Waals surface area contributed by atoms with Gasteiger partial charge in [0, 0.05) is 49.4 Å². The number of thiazole rings is 1. The first kappa shape index (κ1) is 24.9. The number of methoxy groups -OCH3 is 1. The van der Waals surface area contributed by atoms with Gasteiger partial charge >= 0.3 is 0 Å². The Morgan fingerprint density at radius 2 is 1.65 bits per heavy atom. The van der Waals surface area contributed by atoms with Crippen LogP contribution < -0.4 is 10.1 Å². The summed E-state index contributed by atoms with van der Waals surface area (Å²) in [6.45, 7) is 3.87. The van der Waals surface area contributed by atoms with Crippen LogP contribution in [0.15, 0.2) is 66.7 Å². The molecule has 1 saturated heterocycles. The Balaban J connectivity index is 1.22. The lowest BCUT2D eigenvalue weighted by Crippen LogP contribution is -2.47. The van der Waals surface area contributed by atoms with Gasteiger partial charge in [-0.1, -0.05) is 24.3 Å². The molecule has 37 heavy (non-hydrogen) atoms. The molecule has 1 N–H and O–H groups in total.